The molecule has 0 radical (unpaired) electrons. The van der Waals surface area contributed by atoms with Crippen LogP contribution in [0.15, 0.2) is 29.1 Å². The number of esters is 1. The van der Waals surface area contributed by atoms with Gasteiger partial charge in [0.05, 0.1) is 6.61 Å². The van der Waals surface area contributed by atoms with Gasteiger partial charge in [0.1, 0.15) is 21.9 Å². The Labute approximate surface area is 176 Å². The van der Waals surface area contributed by atoms with Crippen LogP contribution < -0.4 is 25.4 Å². The Hall–Kier alpha value is -3.42. The molecule has 0 bridgehead atoms. The molecule has 0 aliphatic heterocycles. The number of carbonyl (C=O) groups excluding carboxylic acids is 2. The lowest BCUT2D eigenvalue weighted by Gasteiger charge is -2.05. The highest BCUT2D eigenvalue weighted by Gasteiger charge is 2.16. The van der Waals surface area contributed by atoms with E-state index in [0.29, 0.717) is 22.5 Å². The largest absolute Gasteiger partial charge is 0.462 e. The Bertz CT molecular complexity index is 1130. The van der Waals surface area contributed by atoms with Crippen molar-refractivity contribution in [2.75, 3.05) is 31.0 Å². The van der Waals surface area contributed by atoms with Gasteiger partial charge in [0, 0.05) is 31.2 Å². The van der Waals surface area contributed by atoms with Gasteiger partial charge in [0.2, 0.25) is 5.91 Å². The molecule has 1 heterocycles. The number of hydrogen-bond donors (Lipinski definition) is 2. The molecule has 30 heavy (non-hydrogen) atoms. The lowest BCUT2D eigenvalue weighted by Crippen LogP contribution is -2.32. The molecule has 9 nitrogen and oxygen atoms in total. The molecule has 0 saturated carbocycles. The first kappa shape index (κ1) is 22.9. The zero-order valence-corrected chi connectivity index (χ0v) is 17.7. The van der Waals surface area contributed by atoms with Crippen LogP contribution in [0.1, 0.15) is 13.8 Å². The molecule has 0 fully saturated rings. The summed E-state index contributed by atoms with van der Waals surface area (Å²) in [6, 6.07) is 8.71. The number of ether oxygens (including phenoxy) is 2. The van der Waals surface area contributed by atoms with Crippen molar-refractivity contribution in [2.24, 2.45) is 0 Å². The van der Waals surface area contributed by atoms with Crippen molar-refractivity contribution < 1.29 is 19.1 Å². The number of nitriles is 1. The van der Waals surface area contributed by atoms with Crippen molar-refractivity contribution in [3.63, 3.8) is 0 Å². The maximum absolute atomic E-state index is 12.6. The lowest BCUT2D eigenvalue weighted by atomic mass is 10.3. The molecule has 0 aliphatic carbocycles. The van der Waals surface area contributed by atoms with Gasteiger partial charge in [-0.3, -0.25) is 14.2 Å². The van der Waals surface area contributed by atoms with Gasteiger partial charge in [0.15, 0.2) is 5.57 Å². The van der Waals surface area contributed by atoms with Crippen molar-refractivity contribution in [3.05, 3.63) is 43.8 Å². The molecule has 0 aliphatic rings. The Morgan fingerprint density at radius 1 is 1.23 bits per heavy atom. The third-order valence-electron chi connectivity index (χ3n) is 3.84. The lowest BCUT2D eigenvalue weighted by molar-refractivity contribution is -0.136. The number of methoxy groups -OCH3 is 1. The molecule has 0 spiro atoms. The Kier molecular flexibility index (Phi) is 8.34. The maximum Gasteiger partial charge on any atom is 0.351 e. The topological polar surface area (TPSA) is 122 Å². The zero-order valence-electron chi connectivity index (χ0n) is 16.9. The number of anilines is 2. The minimum atomic E-state index is -0.755. The SMILES string of the molecule is CCOC(=O)/C(C#N)=c1\sc(=CNc2ccc(NC(=O)COC)cc2)c(=O)n1CC. The second-order valence-corrected chi connectivity index (χ2v) is 6.91. The van der Waals surface area contributed by atoms with Gasteiger partial charge in [-0.2, -0.15) is 5.26 Å². The normalized spacial score (nSPS) is 12.1. The average Bonchev–Trinajstić information content (AvgIpc) is 3.03. The maximum atomic E-state index is 12.6. The number of nitrogens with zero attached hydrogens (tertiary/aromatic N) is 2. The first-order valence-electron chi connectivity index (χ1n) is 9.11. The summed E-state index contributed by atoms with van der Waals surface area (Å²) in [6.07, 6.45) is 1.52. The summed E-state index contributed by atoms with van der Waals surface area (Å²) in [5, 5.41) is 15.1. The molecule has 10 heteroatoms. The van der Waals surface area contributed by atoms with Crippen LogP contribution in [0.3, 0.4) is 0 Å². The summed E-state index contributed by atoms with van der Waals surface area (Å²) in [4.78, 5) is 36.2. The predicted molar refractivity (Wildman–Crippen MR) is 114 cm³/mol. The van der Waals surface area contributed by atoms with E-state index in [1.165, 1.54) is 17.9 Å². The third kappa shape index (κ3) is 5.56. The van der Waals surface area contributed by atoms with E-state index in [4.69, 9.17) is 9.47 Å². The fourth-order valence-electron chi connectivity index (χ4n) is 2.50. The zero-order chi connectivity index (χ0) is 22.1. The number of rotatable bonds is 8. The summed E-state index contributed by atoms with van der Waals surface area (Å²) in [5.41, 5.74) is 0.783. The summed E-state index contributed by atoms with van der Waals surface area (Å²) < 4.78 is 11.6. The Morgan fingerprint density at radius 2 is 1.90 bits per heavy atom. The smallest absolute Gasteiger partial charge is 0.351 e. The van der Waals surface area contributed by atoms with E-state index >= 15 is 0 Å². The van der Waals surface area contributed by atoms with Crippen LogP contribution in [-0.2, 0) is 25.6 Å². The van der Waals surface area contributed by atoms with Gasteiger partial charge in [-0.25, -0.2) is 4.79 Å². The third-order valence-corrected chi connectivity index (χ3v) is 4.97. The molecular weight excluding hydrogens is 408 g/mol. The summed E-state index contributed by atoms with van der Waals surface area (Å²) >= 11 is 1.03. The number of aromatic nitrogens is 1. The van der Waals surface area contributed by atoms with Crippen LogP contribution >= 0.6 is 11.3 Å². The fraction of sp³-hybridized carbons (Fsp3) is 0.300. The molecule has 0 saturated heterocycles. The van der Waals surface area contributed by atoms with E-state index in [1.54, 1.807) is 38.1 Å². The molecular formula is C20H22N4O5S. The van der Waals surface area contributed by atoms with E-state index in [1.807, 2.05) is 6.07 Å². The van der Waals surface area contributed by atoms with Crippen molar-refractivity contribution in [1.29, 1.82) is 5.26 Å². The van der Waals surface area contributed by atoms with E-state index < -0.39 is 5.97 Å². The van der Waals surface area contributed by atoms with Crippen molar-refractivity contribution in [2.45, 2.75) is 20.4 Å². The van der Waals surface area contributed by atoms with Gasteiger partial charge in [-0.15, -0.1) is 11.3 Å². The minimum Gasteiger partial charge on any atom is -0.462 e. The van der Waals surface area contributed by atoms with Crippen LogP contribution in [0.4, 0.5) is 11.4 Å². The number of carbonyl (C=O) groups is 2. The van der Waals surface area contributed by atoms with Crippen LogP contribution in [-0.4, -0.2) is 36.8 Å². The number of benzene rings is 1. The molecule has 1 aromatic carbocycles. The highest BCUT2D eigenvalue weighted by atomic mass is 32.1. The first-order valence-corrected chi connectivity index (χ1v) is 9.93. The van der Waals surface area contributed by atoms with Gasteiger partial charge in [-0.1, -0.05) is 0 Å². The molecule has 2 N–H and O–H groups in total. The number of thiazole rings is 1. The molecule has 1 aromatic heterocycles. The fourth-order valence-corrected chi connectivity index (χ4v) is 3.58. The second kappa shape index (κ2) is 10.9. The summed E-state index contributed by atoms with van der Waals surface area (Å²) in [5.74, 6) is -1.02. The van der Waals surface area contributed by atoms with Gasteiger partial charge in [0.25, 0.3) is 5.56 Å². The van der Waals surface area contributed by atoms with Crippen LogP contribution in [0.2, 0.25) is 0 Å². The number of amides is 1. The van der Waals surface area contributed by atoms with Gasteiger partial charge < -0.3 is 20.1 Å². The Balaban J connectivity index is 2.34. The molecule has 2 aromatic rings. The van der Waals surface area contributed by atoms with Crippen LogP contribution in [0, 0.1) is 11.3 Å². The second-order valence-electron chi connectivity index (χ2n) is 5.88. The van der Waals surface area contributed by atoms with E-state index in [-0.39, 0.29) is 34.9 Å². The predicted octanol–water partition coefficient (Wildman–Crippen LogP) is 0.602. The highest BCUT2D eigenvalue weighted by molar-refractivity contribution is 7.07. The van der Waals surface area contributed by atoms with Crippen molar-refractivity contribution in [3.8, 4) is 6.07 Å². The molecule has 1 amide bonds. The molecule has 158 valence electrons. The molecule has 0 unspecified atom stereocenters. The standard InChI is InChI=1S/C20H22N4O5S/c1-4-24-18(26)16(30-19(24)15(10-21)20(27)29-5-2)11-22-13-6-8-14(9-7-13)23-17(25)12-28-3/h6-9,11,22H,4-5,12H2,1-3H3,(H,23,25)/b16-11?,19-15-. The van der Waals surface area contributed by atoms with Gasteiger partial charge in [-0.05, 0) is 38.1 Å². The molecule has 2 rings (SSSR count). The quantitative estimate of drug-likeness (QED) is 0.588. The summed E-state index contributed by atoms with van der Waals surface area (Å²) in [6.45, 7) is 3.80. The van der Waals surface area contributed by atoms with Crippen LogP contribution in [0.5, 0.6) is 0 Å². The van der Waals surface area contributed by atoms with Crippen LogP contribution in [0.25, 0.3) is 11.8 Å². The number of hydrogen-bond acceptors (Lipinski definition) is 8. The minimum absolute atomic E-state index is 0.0360. The van der Waals surface area contributed by atoms with E-state index in [2.05, 4.69) is 10.6 Å². The molecule has 0 atom stereocenters. The van der Waals surface area contributed by atoms with E-state index in [0.717, 1.165) is 11.3 Å². The van der Waals surface area contributed by atoms with E-state index in [9.17, 15) is 19.6 Å². The Morgan fingerprint density at radius 3 is 2.47 bits per heavy atom. The monoisotopic (exact) mass is 430 g/mol. The average molecular weight is 430 g/mol. The van der Waals surface area contributed by atoms with Crippen molar-refractivity contribution >= 4 is 46.4 Å². The van der Waals surface area contributed by atoms with Crippen molar-refractivity contribution in [1.82, 2.24) is 4.57 Å². The summed E-state index contributed by atoms with van der Waals surface area (Å²) in [7, 11) is 1.44. The first-order chi connectivity index (χ1) is 14.4. The van der Waals surface area contributed by atoms with Gasteiger partial charge >= 0.3 is 5.97 Å². The highest BCUT2D eigenvalue weighted by Crippen LogP contribution is 2.13. The number of nitrogens with one attached hydrogen (secondary N) is 2.